The van der Waals surface area contributed by atoms with Crippen molar-refractivity contribution >= 4 is 21.8 Å². The summed E-state index contributed by atoms with van der Waals surface area (Å²) in [5.74, 6) is 0.369. The molecule has 1 rings (SSSR count). The maximum Gasteiger partial charge on any atom is 0.266 e. The highest BCUT2D eigenvalue weighted by molar-refractivity contribution is 7.85. The van der Waals surface area contributed by atoms with E-state index in [9.17, 15) is 18.8 Å². The molecule has 0 fully saturated rings. The number of pyridine rings is 1. The van der Waals surface area contributed by atoms with Gasteiger partial charge >= 0.3 is 0 Å². The van der Waals surface area contributed by atoms with Gasteiger partial charge in [0.15, 0.2) is 0 Å². The molecule has 0 radical (unpaired) electrons. The molecule has 0 aliphatic rings. The van der Waals surface area contributed by atoms with E-state index in [-0.39, 0.29) is 19.7 Å². The van der Waals surface area contributed by atoms with E-state index in [1.54, 1.807) is 25.9 Å². The fourth-order valence-electron chi connectivity index (χ4n) is 2.26. The number of hydrogen-bond donors (Lipinski definition) is 3. The van der Waals surface area contributed by atoms with Crippen LogP contribution in [0.4, 0.5) is 11.6 Å². The summed E-state index contributed by atoms with van der Waals surface area (Å²) in [5.41, 5.74) is 1.82. The zero-order chi connectivity index (χ0) is 19.0. The van der Waals surface area contributed by atoms with Crippen LogP contribution in [0.3, 0.4) is 0 Å². The summed E-state index contributed by atoms with van der Waals surface area (Å²) in [7, 11) is -2.53. The third-order valence-electron chi connectivity index (χ3n) is 3.73. The third kappa shape index (κ3) is 6.13. The van der Waals surface area contributed by atoms with Gasteiger partial charge in [-0.05, 0) is 25.0 Å². The highest BCUT2D eigenvalue weighted by atomic mass is 32.2. The Balaban J connectivity index is 3.23. The Bertz CT molecular complexity index is 730. The van der Waals surface area contributed by atoms with Crippen LogP contribution in [-0.2, 0) is 14.9 Å². The summed E-state index contributed by atoms with van der Waals surface area (Å²) in [5, 5.41) is 21.7. The SMILES string of the molecule is COCCN(CCO)c1nc(NCCS(=O)(=O)O)c(C)c(C)c1C#N. The molecule has 0 unspecified atom stereocenters. The van der Waals surface area contributed by atoms with Gasteiger partial charge in [0.2, 0.25) is 0 Å². The molecular weight excluding hydrogens is 348 g/mol. The zero-order valence-corrected chi connectivity index (χ0v) is 15.4. The molecule has 0 atom stereocenters. The number of methoxy groups -OCH3 is 1. The van der Waals surface area contributed by atoms with Gasteiger partial charge in [-0.3, -0.25) is 4.55 Å². The Morgan fingerprint density at radius 2 is 2.00 bits per heavy atom. The van der Waals surface area contributed by atoms with Crippen molar-refractivity contribution in [2.75, 3.05) is 55.9 Å². The number of rotatable bonds is 10. The maximum absolute atomic E-state index is 10.9. The number of aliphatic hydroxyl groups excluding tert-OH is 1. The standard InChI is InChI=1S/C15H24N4O5S/c1-11-12(2)14(17-4-9-25(21,22)23)18-15(13(11)10-16)19(5-7-20)6-8-24-3/h20H,4-9H2,1-3H3,(H,17,18)(H,21,22,23). The first-order valence-electron chi connectivity index (χ1n) is 7.70. The molecule has 0 aliphatic heterocycles. The minimum Gasteiger partial charge on any atom is -0.395 e. The van der Waals surface area contributed by atoms with E-state index in [1.807, 2.05) is 0 Å². The van der Waals surface area contributed by atoms with Crippen LogP contribution >= 0.6 is 0 Å². The molecule has 0 saturated heterocycles. The number of hydrogen-bond acceptors (Lipinski definition) is 8. The van der Waals surface area contributed by atoms with Crippen LogP contribution in [0.15, 0.2) is 0 Å². The summed E-state index contributed by atoms with van der Waals surface area (Å²) in [4.78, 5) is 6.18. The molecule has 1 heterocycles. The largest absolute Gasteiger partial charge is 0.395 e. The molecule has 0 saturated carbocycles. The lowest BCUT2D eigenvalue weighted by Crippen LogP contribution is -2.32. The molecule has 0 bridgehead atoms. The van der Waals surface area contributed by atoms with Gasteiger partial charge in [-0.25, -0.2) is 4.98 Å². The summed E-state index contributed by atoms with van der Waals surface area (Å²) in [6.45, 7) is 4.52. The Morgan fingerprint density at radius 3 is 2.52 bits per heavy atom. The lowest BCUT2D eigenvalue weighted by atomic mass is 10.0. The fourth-order valence-corrected chi connectivity index (χ4v) is 2.62. The monoisotopic (exact) mass is 372 g/mol. The molecule has 0 spiro atoms. The molecular formula is C15H24N4O5S. The molecule has 1 aromatic rings. The molecule has 0 aliphatic carbocycles. The fraction of sp³-hybridized carbons (Fsp3) is 0.600. The number of nitrogens with one attached hydrogen (secondary N) is 1. The van der Waals surface area contributed by atoms with Crippen molar-refractivity contribution in [1.29, 1.82) is 5.26 Å². The minimum absolute atomic E-state index is 0.0183. The third-order valence-corrected chi connectivity index (χ3v) is 4.45. The Kier molecular flexibility index (Phi) is 8.05. The van der Waals surface area contributed by atoms with Crippen molar-refractivity contribution in [3.8, 4) is 6.07 Å². The second kappa shape index (κ2) is 9.53. The van der Waals surface area contributed by atoms with Crippen molar-refractivity contribution in [1.82, 2.24) is 4.98 Å². The molecule has 10 heteroatoms. The van der Waals surface area contributed by atoms with Crippen LogP contribution < -0.4 is 10.2 Å². The van der Waals surface area contributed by atoms with E-state index in [2.05, 4.69) is 16.4 Å². The van der Waals surface area contributed by atoms with Gasteiger partial charge in [0.05, 0.1) is 24.5 Å². The van der Waals surface area contributed by atoms with E-state index in [4.69, 9.17) is 9.29 Å². The average Bonchev–Trinajstić information content (AvgIpc) is 2.54. The van der Waals surface area contributed by atoms with E-state index in [0.717, 1.165) is 0 Å². The molecule has 25 heavy (non-hydrogen) atoms. The number of nitrogens with zero attached hydrogens (tertiary/aromatic N) is 3. The van der Waals surface area contributed by atoms with E-state index < -0.39 is 15.9 Å². The van der Waals surface area contributed by atoms with Crippen LogP contribution in [0.25, 0.3) is 0 Å². The van der Waals surface area contributed by atoms with Gasteiger partial charge in [0.1, 0.15) is 17.7 Å². The van der Waals surface area contributed by atoms with Gasteiger partial charge in [-0.1, -0.05) is 0 Å². The highest BCUT2D eigenvalue weighted by Gasteiger charge is 2.19. The molecule has 9 nitrogen and oxygen atoms in total. The topological polar surface area (TPSA) is 136 Å². The Labute approximate surface area is 148 Å². The van der Waals surface area contributed by atoms with Crippen LogP contribution in [0.1, 0.15) is 16.7 Å². The maximum atomic E-state index is 10.9. The first kappa shape index (κ1) is 21.1. The summed E-state index contributed by atoms with van der Waals surface area (Å²) in [6, 6.07) is 2.14. The van der Waals surface area contributed by atoms with Crippen LogP contribution in [-0.4, -0.2) is 68.8 Å². The number of anilines is 2. The lowest BCUT2D eigenvalue weighted by Gasteiger charge is -2.26. The Morgan fingerprint density at radius 1 is 1.32 bits per heavy atom. The highest BCUT2D eigenvalue weighted by Crippen LogP contribution is 2.28. The van der Waals surface area contributed by atoms with E-state index in [1.165, 1.54) is 0 Å². The molecule has 3 N–H and O–H groups in total. The summed E-state index contributed by atoms with van der Waals surface area (Å²) < 4.78 is 35.6. The summed E-state index contributed by atoms with van der Waals surface area (Å²) in [6.07, 6.45) is 0. The number of aliphatic hydroxyl groups is 1. The van der Waals surface area contributed by atoms with Crippen LogP contribution in [0.5, 0.6) is 0 Å². The first-order valence-corrected chi connectivity index (χ1v) is 9.31. The summed E-state index contributed by atoms with van der Waals surface area (Å²) >= 11 is 0. The zero-order valence-electron chi connectivity index (χ0n) is 14.6. The van der Waals surface area contributed by atoms with Gasteiger partial charge in [0.25, 0.3) is 10.1 Å². The van der Waals surface area contributed by atoms with Crippen LogP contribution in [0, 0.1) is 25.2 Å². The molecule has 0 aromatic carbocycles. The minimum atomic E-state index is -4.08. The lowest BCUT2D eigenvalue weighted by molar-refractivity contribution is 0.202. The van der Waals surface area contributed by atoms with Crippen molar-refractivity contribution in [3.05, 3.63) is 16.7 Å². The van der Waals surface area contributed by atoms with E-state index >= 15 is 0 Å². The molecule has 1 aromatic heterocycles. The van der Waals surface area contributed by atoms with Crippen molar-refractivity contribution in [2.45, 2.75) is 13.8 Å². The van der Waals surface area contributed by atoms with Crippen molar-refractivity contribution in [3.63, 3.8) is 0 Å². The normalized spacial score (nSPS) is 11.2. The van der Waals surface area contributed by atoms with Gasteiger partial charge in [-0.15, -0.1) is 0 Å². The van der Waals surface area contributed by atoms with Gasteiger partial charge in [0, 0.05) is 26.7 Å². The smallest absolute Gasteiger partial charge is 0.266 e. The number of ether oxygens (including phenoxy) is 1. The second-order valence-corrected chi connectivity index (χ2v) is 7.01. The molecule has 0 amide bonds. The number of nitriles is 1. The average molecular weight is 372 g/mol. The van der Waals surface area contributed by atoms with E-state index in [0.29, 0.717) is 41.5 Å². The predicted molar refractivity (Wildman–Crippen MR) is 94.5 cm³/mol. The quantitative estimate of drug-likeness (QED) is 0.496. The van der Waals surface area contributed by atoms with Crippen molar-refractivity contribution < 1.29 is 22.8 Å². The first-order chi connectivity index (χ1) is 11.7. The predicted octanol–water partition coefficient (Wildman–Crippen LogP) is 0.315. The molecule has 140 valence electrons. The Hall–Kier alpha value is -1.93. The number of aromatic nitrogens is 1. The van der Waals surface area contributed by atoms with Crippen molar-refractivity contribution in [2.24, 2.45) is 0 Å². The second-order valence-electron chi connectivity index (χ2n) is 5.44. The van der Waals surface area contributed by atoms with Gasteiger partial charge in [-0.2, -0.15) is 13.7 Å². The van der Waals surface area contributed by atoms with Gasteiger partial charge < -0.3 is 20.1 Å². The van der Waals surface area contributed by atoms with Crippen LogP contribution in [0.2, 0.25) is 0 Å².